The van der Waals surface area contributed by atoms with E-state index in [1.807, 2.05) is 24.3 Å². The number of para-hydroxylation sites is 1. The third kappa shape index (κ3) is 3.65. The molecule has 2 N–H and O–H groups in total. The molecule has 5 nitrogen and oxygen atoms in total. The molecule has 0 fully saturated rings. The van der Waals surface area contributed by atoms with E-state index in [9.17, 15) is 9.59 Å². The molecule has 118 valence electrons. The molecular formula is C17H15NO4S. The summed E-state index contributed by atoms with van der Waals surface area (Å²) in [6.45, 7) is 0.270. The molecule has 0 radical (unpaired) electrons. The Kier molecular flexibility index (Phi) is 4.52. The van der Waals surface area contributed by atoms with Crippen molar-refractivity contribution in [1.82, 2.24) is 5.32 Å². The molecular weight excluding hydrogens is 314 g/mol. The van der Waals surface area contributed by atoms with Crippen LogP contribution in [0.4, 0.5) is 0 Å². The van der Waals surface area contributed by atoms with Crippen molar-refractivity contribution in [1.29, 1.82) is 0 Å². The number of thioether (sulfide) groups is 1. The Morgan fingerprint density at radius 3 is 2.87 bits per heavy atom. The molecule has 0 aromatic heterocycles. The van der Waals surface area contributed by atoms with E-state index in [-0.39, 0.29) is 18.0 Å². The topological polar surface area (TPSA) is 75.6 Å². The van der Waals surface area contributed by atoms with Crippen molar-refractivity contribution in [3.63, 3.8) is 0 Å². The summed E-state index contributed by atoms with van der Waals surface area (Å²) in [6.07, 6.45) is -0.544. The summed E-state index contributed by atoms with van der Waals surface area (Å²) >= 11 is 1.59. The van der Waals surface area contributed by atoms with Crippen molar-refractivity contribution in [2.24, 2.45) is 0 Å². The van der Waals surface area contributed by atoms with Gasteiger partial charge in [-0.3, -0.25) is 4.79 Å². The van der Waals surface area contributed by atoms with Crippen LogP contribution in [0.25, 0.3) is 0 Å². The van der Waals surface area contributed by atoms with Gasteiger partial charge in [0.25, 0.3) is 5.91 Å². The molecule has 23 heavy (non-hydrogen) atoms. The number of rotatable bonds is 4. The van der Waals surface area contributed by atoms with Crippen molar-refractivity contribution in [3.05, 3.63) is 59.7 Å². The van der Waals surface area contributed by atoms with Crippen molar-refractivity contribution in [2.45, 2.75) is 17.5 Å². The number of ether oxygens (including phenoxy) is 1. The number of amides is 1. The van der Waals surface area contributed by atoms with Gasteiger partial charge in [-0.1, -0.05) is 24.3 Å². The third-order valence-electron chi connectivity index (χ3n) is 3.44. The van der Waals surface area contributed by atoms with E-state index in [2.05, 4.69) is 5.32 Å². The summed E-state index contributed by atoms with van der Waals surface area (Å²) in [5, 5.41) is 11.8. The molecule has 0 unspecified atom stereocenters. The van der Waals surface area contributed by atoms with E-state index in [4.69, 9.17) is 9.84 Å². The zero-order chi connectivity index (χ0) is 16.2. The quantitative estimate of drug-likeness (QED) is 0.901. The molecule has 2 aromatic carbocycles. The van der Waals surface area contributed by atoms with Gasteiger partial charge in [0, 0.05) is 17.2 Å². The van der Waals surface area contributed by atoms with Crippen LogP contribution in [-0.2, 0) is 11.3 Å². The van der Waals surface area contributed by atoms with Gasteiger partial charge in [-0.05, 0) is 29.8 Å². The molecule has 1 atom stereocenters. The zero-order valence-electron chi connectivity index (χ0n) is 12.2. The van der Waals surface area contributed by atoms with Gasteiger partial charge in [0.05, 0.1) is 5.56 Å². The molecule has 3 rings (SSSR count). The first kappa shape index (κ1) is 15.4. The zero-order valence-corrected chi connectivity index (χ0v) is 13.0. The van der Waals surface area contributed by atoms with Crippen LogP contribution in [0.2, 0.25) is 0 Å². The van der Waals surface area contributed by atoms with E-state index in [1.165, 1.54) is 6.07 Å². The van der Waals surface area contributed by atoms with Gasteiger partial charge in [0.15, 0.2) is 6.10 Å². The molecule has 1 heterocycles. The fourth-order valence-corrected chi connectivity index (χ4v) is 3.25. The minimum atomic E-state index is -0.984. The van der Waals surface area contributed by atoms with Crippen LogP contribution in [0.3, 0.4) is 0 Å². The lowest BCUT2D eigenvalue weighted by Gasteiger charge is -2.24. The average molecular weight is 329 g/mol. The molecule has 0 spiro atoms. The Hall–Kier alpha value is -2.47. The number of fused-ring (bicyclic) bond motifs is 1. The second-order valence-corrected chi connectivity index (χ2v) is 6.15. The normalized spacial score (nSPS) is 16.1. The van der Waals surface area contributed by atoms with E-state index in [1.54, 1.807) is 30.0 Å². The van der Waals surface area contributed by atoms with E-state index >= 15 is 0 Å². The SMILES string of the molecule is O=C(O)c1cccc(CNC(=O)[C@@H]2CSc3ccccc3O2)c1. The first-order valence-corrected chi connectivity index (χ1v) is 8.10. The second-order valence-electron chi connectivity index (χ2n) is 5.09. The molecule has 1 aliphatic heterocycles. The Morgan fingerprint density at radius 2 is 2.04 bits per heavy atom. The molecule has 2 aromatic rings. The summed E-state index contributed by atoms with van der Waals surface area (Å²) in [4.78, 5) is 24.2. The van der Waals surface area contributed by atoms with Crippen LogP contribution >= 0.6 is 11.8 Å². The van der Waals surface area contributed by atoms with E-state index in [0.717, 1.165) is 16.2 Å². The highest BCUT2D eigenvalue weighted by molar-refractivity contribution is 7.99. The predicted molar refractivity (Wildman–Crippen MR) is 86.8 cm³/mol. The lowest BCUT2D eigenvalue weighted by molar-refractivity contribution is -0.127. The standard InChI is InChI=1S/C17H15NO4S/c19-16(14-10-23-15-7-2-1-6-13(15)22-14)18-9-11-4-3-5-12(8-11)17(20)21/h1-8,14H,9-10H2,(H,18,19)(H,20,21)/t14-/m0/s1. The fourth-order valence-electron chi connectivity index (χ4n) is 2.27. The Labute approximate surface area is 137 Å². The van der Waals surface area contributed by atoms with Gasteiger partial charge in [0.2, 0.25) is 0 Å². The molecule has 0 bridgehead atoms. The maximum Gasteiger partial charge on any atom is 0.335 e. The molecule has 6 heteroatoms. The van der Waals surface area contributed by atoms with Crippen LogP contribution in [-0.4, -0.2) is 28.8 Å². The number of hydrogen-bond donors (Lipinski definition) is 2. The summed E-state index contributed by atoms with van der Waals surface area (Å²) in [5.41, 5.74) is 0.942. The van der Waals surface area contributed by atoms with E-state index in [0.29, 0.717) is 5.75 Å². The van der Waals surface area contributed by atoms with Gasteiger partial charge in [-0.25, -0.2) is 4.79 Å². The van der Waals surface area contributed by atoms with Gasteiger partial charge in [-0.15, -0.1) is 11.8 Å². The average Bonchev–Trinajstić information content (AvgIpc) is 2.59. The summed E-state index contributed by atoms with van der Waals surface area (Å²) < 4.78 is 5.72. The number of nitrogens with one attached hydrogen (secondary N) is 1. The summed E-state index contributed by atoms with van der Waals surface area (Å²) in [7, 11) is 0. The van der Waals surface area contributed by atoms with Gasteiger partial charge >= 0.3 is 5.97 Å². The number of carboxylic acid groups (broad SMARTS) is 1. The first-order chi connectivity index (χ1) is 11.1. The highest BCUT2D eigenvalue weighted by Gasteiger charge is 2.26. The van der Waals surface area contributed by atoms with E-state index < -0.39 is 12.1 Å². The Morgan fingerprint density at radius 1 is 1.22 bits per heavy atom. The Balaban J connectivity index is 1.60. The highest BCUT2D eigenvalue weighted by atomic mass is 32.2. The summed E-state index contributed by atoms with van der Waals surface area (Å²) in [6, 6.07) is 14.1. The highest BCUT2D eigenvalue weighted by Crippen LogP contribution is 2.34. The maximum atomic E-state index is 12.2. The minimum absolute atomic E-state index is 0.201. The van der Waals surface area contributed by atoms with Crippen molar-refractivity contribution >= 4 is 23.6 Å². The number of carboxylic acids is 1. The van der Waals surface area contributed by atoms with Crippen LogP contribution in [0.15, 0.2) is 53.4 Å². The number of aromatic carboxylic acids is 1. The van der Waals surface area contributed by atoms with Crippen molar-refractivity contribution in [3.8, 4) is 5.75 Å². The number of benzene rings is 2. The molecule has 0 aliphatic carbocycles. The maximum absolute atomic E-state index is 12.2. The first-order valence-electron chi connectivity index (χ1n) is 7.12. The number of carbonyl (C=O) groups is 2. The number of hydrogen-bond acceptors (Lipinski definition) is 4. The lowest BCUT2D eigenvalue weighted by atomic mass is 10.1. The Bertz CT molecular complexity index is 747. The lowest BCUT2D eigenvalue weighted by Crippen LogP contribution is -2.41. The second kappa shape index (κ2) is 6.75. The minimum Gasteiger partial charge on any atom is -0.479 e. The third-order valence-corrected chi connectivity index (χ3v) is 4.56. The smallest absolute Gasteiger partial charge is 0.335 e. The molecule has 1 aliphatic rings. The van der Waals surface area contributed by atoms with Crippen LogP contribution in [0, 0.1) is 0 Å². The monoisotopic (exact) mass is 329 g/mol. The van der Waals surface area contributed by atoms with Crippen LogP contribution in [0.1, 0.15) is 15.9 Å². The van der Waals surface area contributed by atoms with Gasteiger partial charge in [0.1, 0.15) is 5.75 Å². The summed E-state index contributed by atoms with van der Waals surface area (Å²) in [5.74, 6) is 0.0872. The van der Waals surface area contributed by atoms with Gasteiger partial charge in [-0.2, -0.15) is 0 Å². The molecule has 0 saturated heterocycles. The largest absolute Gasteiger partial charge is 0.479 e. The van der Waals surface area contributed by atoms with Crippen molar-refractivity contribution < 1.29 is 19.4 Å². The van der Waals surface area contributed by atoms with Crippen LogP contribution < -0.4 is 10.1 Å². The molecule has 1 amide bonds. The van der Waals surface area contributed by atoms with Gasteiger partial charge < -0.3 is 15.2 Å². The van der Waals surface area contributed by atoms with Crippen LogP contribution in [0.5, 0.6) is 5.75 Å². The van der Waals surface area contributed by atoms with Crippen molar-refractivity contribution in [2.75, 3.05) is 5.75 Å². The fraction of sp³-hybridized carbons (Fsp3) is 0.176. The number of carbonyl (C=O) groups excluding carboxylic acids is 1. The molecule has 0 saturated carbocycles. The predicted octanol–water partition coefficient (Wildman–Crippen LogP) is 2.55.